The molecule has 0 fully saturated rings. The van der Waals surface area contributed by atoms with Crippen LogP contribution in [0.25, 0.3) is 10.9 Å². The van der Waals surface area contributed by atoms with Gasteiger partial charge in [-0.1, -0.05) is 36.7 Å². The molecule has 0 saturated carbocycles. The second-order valence-corrected chi connectivity index (χ2v) is 3.24. The van der Waals surface area contributed by atoms with Crippen LogP contribution in [0.3, 0.4) is 0 Å². The number of hydrogen-bond donors (Lipinski definition) is 0. The summed E-state index contributed by atoms with van der Waals surface area (Å²) in [6, 6.07) is 9.75. The molecule has 2 heteroatoms. The second kappa shape index (κ2) is 3.35. The Hall–Kier alpha value is -1.08. The largest absolute Gasteiger partial charge is 0.252 e. The molecule has 0 amide bonds. The van der Waals surface area contributed by atoms with Gasteiger partial charge >= 0.3 is 0 Å². The van der Waals surface area contributed by atoms with Gasteiger partial charge in [0.15, 0.2) is 0 Å². The predicted molar refractivity (Wildman–Crippen MR) is 55.8 cm³/mol. The van der Waals surface area contributed by atoms with Crippen molar-refractivity contribution >= 4 is 22.5 Å². The highest BCUT2D eigenvalue weighted by Crippen LogP contribution is 2.22. The van der Waals surface area contributed by atoms with Gasteiger partial charge in [-0.15, -0.1) is 0 Å². The van der Waals surface area contributed by atoms with Crippen molar-refractivity contribution in [3.8, 4) is 0 Å². The summed E-state index contributed by atoms with van der Waals surface area (Å²) in [7, 11) is 0. The van der Waals surface area contributed by atoms with Gasteiger partial charge < -0.3 is 0 Å². The van der Waals surface area contributed by atoms with E-state index in [0.717, 1.165) is 21.6 Å². The first-order valence-electron chi connectivity index (χ1n) is 4.16. The molecule has 0 aliphatic carbocycles. The summed E-state index contributed by atoms with van der Waals surface area (Å²) in [5, 5.41) is 1.77. The fraction of sp³-hybridized carbons (Fsp3) is 0.0909. The number of hydrogen-bond acceptors (Lipinski definition) is 1. The minimum absolute atomic E-state index is 0.763. The van der Waals surface area contributed by atoms with Crippen LogP contribution in [0.5, 0.6) is 0 Å². The SMILES string of the molecule is C[CH]c1cc(Cl)c2ccccc2n1. The Morgan fingerprint density at radius 1 is 1.31 bits per heavy atom. The maximum atomic E-state index is 6.08. The Morgan fingerprint density at radius 3 is 2.85 bits per heavy atom. The highest BCUT2D eigenvalue weighted by molar-refractivity contribution is 6.35. The molecule has 0 bridgehead atoms. The Kier molecular flexibility index (Phi) is 2.19. The minimum Gasteiger partial charge on any atom is -0.252 e. The maximum absolute atomic E-state index is 6.08. The molecule has 0 atom stereocenters. The Morgan fingerprint density at radius 2 is 2.08 bits per heavy atom. The zero-order valence-corrected chi connectivity index (χ0v) is 8.05. The van der Waals surface area contributed by atoms with E-state index in [1.807, 2.05) is 43.7 Å². The monoisotopic (exact) mass is 190 g/mol. The fourth-order valence-electron chi connectivity index (χ4n) is 1.30. The van der Waals surface area contributed by atoms with E-state index in [1.54, 1.807) is 0 Å². The number of halogens is 1. The highest BCUT2D eigenvalue weighted by Gasteiger charge is 2.01. The molecule has 0 spiro atoms. The van der Waals surface area contributed by atoms with Crippen molar-refractivity contribution in [2.24, 2.45) is 0 Å². The van der Waals surface area contributed by atoms with E-state index in [2.05, 4.69) is 4.98 Å². The second-order valence-electron chi connectivity index (χ2n) is 2.83. The first-order valence-corrected chi connectivity index (χ1v) is 4.53. The highest BCUT2D eigenvalue weighted by atomic mass is 35.5. The first kappa shape index (κ1) is 8.52. The van der Waals surface area contributed by atoms with Crippen LogP contribution in [-0.4, -0.2) is 4.98 Å². The van der Waals surface area contributed by atoms with E-state index in [1.165, 1.54) is 0 Å². The Labute approximate surface area is 82.4 Å². The third-order valence-electron chi connectivity index (χ3n) is 1.98. The summed E-state index contributed by atoms with van der Waals surface area (Å²) in [6.07, 6.45) is 1.94. The average molecular weight is 191 g/mol. The van der Waals surface area contributed by atoms with Crippen LogP contribution in [0, 0.1) is 6.42 Å². The van der Waals surface area contributed by atoms with Gasteiger partial charge in [0, 0.05) is 17.5 Å². The lowest BCUT2D eigenvalue weighted by Crippen LogP contribution is -1.86. The van der Waals surface area contributed by atoms with Gasteiger partial charge in [-0.25, -0.2) is 0 Å². The molecular formula is C11H9ClN. The lowest BCUT2D eigenvalue weighted by Gasteiger charge is -2.02. The molecule has 1 radical (unpaired) electrons. The quantitative estimate of drug-likeness (QED) is 0.671. The van der Waals surface area contributed by atoms with Crippen LogP contribution in [0.2, 0.25) is 5.02 Å². The summed E-state index contributed by atoms with van der Waals surface area (Å²) in [6.45, 7) is 1.95. The molecule has 0 N–H and O–H groups in total. The van der Waals surface area contributed by atoms with Gasteiger partial charge in [0.1, 0.15) is 0 Å². The van der Waals surface area contributed by atoms with E-state index in [0.29, 0.717) is 0 Å². The third-order valence-corrected chi connectivity index (χ3v) is 2.29. The van der Waals surface area contributed by atoms with Gasteiger partial charge in [0.05, 0.1) is 10.5 Å². The first-order chi connectivity index (χ1) is 6.31. The summed E-state index contributed by atoms with van der Waals surface area (Å²) >= 11 is 6.08. The molecule has 0 saturated heterocycles. The van der Waals surface area contributed by atoms with Gasteiger partial charge in [-0.05, 0) is 12.1 Å². The molecule has 0 unspecified atom stereocenters. The van der Waals surface area contributed by atoms with Gasteiger partial charge in [0.25, 0.3) is 0 Å². The Balaban J connectivity index is 2.77. The van der Waals surface area contributed by atoms with Crippen molar-refractivity contribution in [1.82, 2.24) is 4.98 Å². The summed E-state index contributed by atoms with van der Waals surface area (Å²) in [5.41, 5.74) is 1.87. The van der Waals surface area contributed by atoms with Crippen LogP contribution in [0.15, 0.2) is 30.3 Å². The van der Waals surface area contributed by atoms with E-state index in [9.17, 15) is 0 Å². The molecule has 0 aliphatic heterocycles. The zero-order valence-electron chi connectivity index (χ0n) is 7.29. The molecule has 13 heavy (non-hydrogen) atoms. The van der Waals surface area contributed by atoms with Crippen molar-refractivity contribution in [2.75, 3.05) is 0 Å². The molecule has 1 heterocycles. The van der Waals surface area contributed by atoms with Crippen molar-refractivity contribution in [1.29, 1.82) is 0 Å². The van der Waals surface area contributed by atoms with E-state index >= 15 is 0 Å². The standard InChI is InChI=1S/C11H9ClN/c1-2-8-7-10(12)9-5-3-4-6-11(9)13-8/h2-7H,1H3. The molecule has 1 aromatic carbocycles. The molecule has 65 valence electrons. The number of benzene rings is 1. The predicted octanol–water partition coefficient (Wildman–Crippen LogP) is 3.46. The van der Waals surface area contributed by atoms with Crippen LogP contribution in [0.4, 0.5) is 0 Å². The minimum atomic E-state index is 0.763. The van der Waals surface area contributed by atoms with Gasteiger partial charge in [0.2, 0.25) is 0 Å². The van der Waals surface area contributed by atoms with Crippen molar-refractivity contribution in [3.63, 3.8) is 0 Å². The maximum Gasteiger partial charge on any atom is 0.0720 e. The lowest BCUT2D eigenvalue weighted by atomic mass is 10.2. The van der Waals surface area contributed by atoms with E-state index in [-0.39, 0.29) is 0 Å². The van der Waals surface area contributed by atoms with E-state index < -0.39 is 0 Å². The lowest BCUT2D eigenvalue weighted by molar-refractivity contribution is 1.25. The summed E-state index contributed by atoms with van der Waals surface area (Å²) in [5.74, 6) is 0. The molecular weight excluding hydrogens is 182 g/mol. The number of fused-ring (bicyclic) bond motifs is 1. The average Bonchev–Trinajstić information content (AvgIpc) is 2.18. The number of aromatic nitrogens is 1. The summed E-state index contributed by atoms with van der Waals surface area (Å²) < 4.78 is 0. The van der Waals surface area contributed by atoms with Crippen LogP contribution in [0.1, 0.15) is 12.6 Å². The fourth-order valence-corrected chi connectivity index (χ4v) is 1.57. The van der Waals surface area contributed by atoms with Crippen molar-refractivity contribution in [2.45, 2.75) is 6.92 Å². The topological polar surface area (TPSA) is 12.9 Å². The smallest absolute Gasteiger partial charge is 0.0720 e. The van der Waals surface area contributed by atoms with Crippen LogP contribution in [-0.2, 0) is 0 Å². The molecule has 0 aliphatic rings. The van der Waals surface area contributed by atoms with E-state index in [4.69, 9.17) is 11.6 Å². The van der Waals surface area contributed by atoms with Gasteiger partial charge in [-0.2, -0.15) is 0 Å². The summed E-state index contributed by atoms with van der Waals surface area (Å²) in [4.78, 5) is 4.41. The van der Waals surface area contributed by atoms with Gasteiger partial charge in [-0.3, -0.25) is 4.98 Å². The van der Waals surface area contributed by atoms with Crippen molar-refractivity contribution in [3.05, 3.63) is 47.5 Å². The number of nitrogens with zero attached hydrogens (tertiary/aromatic N) is 1. The molecule has 2 rings (SSSR count). The number of pyridine rings is 1. The van der Waals surface area contributed by atoms with Crippen molar-refractivity contribution < 1.29 is 0 Å². The molecule has 2 aromatic rings. The normalized spacial score (nSPS) is 10.6. The Bertz CT molecular complexity index is 437. The van der Waals surface area contributed by atoms with Crippen LogP contribution < -0.4 is 0 Å². The molecule has 1 nitrogen and oxygen atoms in total. The number of para-hydroxylation sites is 1. The zero-order chi connectivity index (χ0) is 9.26. The third kappa shape index (κ3) is 1.52. The molecule has 1 aromatic heterocycles. The van der Waals surface area contributed by atoms with Crippen LogP contribution >= 0.6 is 11.6 Å². The number of rotatable bonds is 1.